The predicted octanol–water partition coefficient (Wildman–Crippen LogP) is 3.03. The van der Waals surface area contributed by atoms with Crippen LogP contribution in [0.5, 0.6) is 0 Å². The molecule has 1 aromatic carbocycles. The molecule has 0 aliphatic heterocycles. The Balaban J connectivity index is 2.73. The minimum Gasteiger partial charge on any atom is -0.393 e. The zero-order chi connectivity index (χ0) is 15.4. The van der Waals surface area contributed by atoms with Crippen LogP contribution in [-0.2, 0) is 16.0 Å². The lowest BCUT2D eigenvalue weighted by molar-refractivity contribution is -0.137. The van der Waals surface area contributed by atoms with Crippen molar-refractivity contribution in [3.63, 3.8) is 0 Å². The van der Waals surface area contributed by atoms with Gasteiger partial charge >= 0.3 is 6.18 Å². The van der Waals surface area contributed by atoms with Crippen molar-refractivity contribution in [1.82, 2.24) is 0 Å². The first-order valence-electron chi connectivity index (χ1n) is 6.25. The van der Waals surface area contributed by atoms with Crippen molar-refractivity contribution in [3.05, 3.63) is 29.8 Å². The number of aliphatic hydroxyl groups is 1. The fourth-order valence-corrected chi connectivity index (χ4v) is 3.02. The monoisotopic (exact) mass is 310 g/mol. The number of hydrogen-bond donors (Lipinski definition) is 1. The first kappa shape index (κ1) is 17.0. The molecule has 1 rings (SSSR count). The van der Waals surface area contributed by atoms with Gasteiger partial charge in [0.05, 0.1) is 22.3 Å². The van der Waals surface area contributed by atoms with Crippen LogP contribution < -0.4 is 0 Å². The maximum absolute atomic E-state index is 12.4. The minimum absolute atomic E-state index is 0.128. The summed E-state index contributed by atoms with van der Waals surface area (Å²) in [6.45, 7) is 1.79. The SMILES string of the molecule is CCC(O)CCCS(=O)(=O)c1ccc(C(F)(F)F)cc1. The Labute approximate surface area is 116 Å². The van der Waals surface area contributed by atoms with Crippen molar-refractivity contribution < 1.29 is 26.7 Å². The van der Waals surface area contributed by atoms with E-state index in [1.54, 1.807) is 6.92 Å². The summed E-state index contributed by atoms with van der Waals surface area (Å²) in [6, 6.07) is 3.45. The molecule has 0 saturated heterocycles. The lowest BCUT2D eigenvalue weighted by Crippen LogP contribution is -2.12. The predicted molar refractivity (Wildman–Crippen MR) is 69.0 cm³/mol. The van der Waals surface area contributed by atoms with E-state index in [0.717, 1.165) is 24.3 Å². The maximum Gasteiger partial charge on any atom is 0.416 e. The summed E-state index contributed by atoms with van der Waals surface area (Å²) in [5, 5.41) is 9.33. The Kier molecular flexibility index (Phi) is 5.59. The Bertz CT molecular complexity index is 521. The average molecular weight is 310 g/mol. The lowest BCUT2D eigenvalue weighted by atomic mass is 10.2. The molecule has 20 heavy (non-hydrogen) atoms. The number of alkyl halides is 3. The van der Waals surface area contributed by atoms with Crippen molar-refractivity contribution >= 4 is 9.84 Å². The summed E-state index contributed by atoms with van der Waals surface area (Å²) >= 11 is 0. The molecule has 0 aliphatic carbocycles. The van der Waals surface area contributed by atoms with Crippen LogP contribution >= 0.6 is 0 Å². The third kappa shape index (κ3) is 4.79. The van der Waals surface area contributed by atoms with Gasteiger partial charge in [-0.25, -0.2) is 8.42 Å². The topological polar surface area (TPSA) is 54.4 Å². The first-order chi connectivity index (χ1) is 9.16. The zero-order valence-corrected chi connectivity index (χ0v) is 11.8. The Morgan fingerprint density at radius 2 is 1.75 bits per heavy atom. The second-order valence-electron chi connectivity index (χ2n) is 4.55. The fraction of sp³-hybridized carbons (Fsp3) is 0.538. The van der Waals surface area contributed by atoms with Crippen LogP contribution in [-0.4, -0.2) is 25.4 Å². The van der Waals surface area contributed by atoms with Crippen LogP contribution in [0.15, 0.2) is 29.2 Å². The minimum atomic E-state index is -4.48. The van der Waals surface area contributed by atoms with Gasteiger partial charge in [0.15, 0.2) is 9.84 Å². The molecule has 0 saturated carbocycles. The highest BCUT2D eigenvalue weighted by atomic mass is 32.2. The molecular formula is C13H17F3O3S. The Morgan fingerprint density at radius 1 is 1.20 bits per heavy atom. The third-order valence-corrected chi connectivity index (χ3v) is 4.78. The summed E-state index contributed by atoms with van der Waals surface area (Å²) in [5.41, 5.74) is -0.877. The van der Waals surface area contributed by atoms with Gasteiger partial charge in [0.2, 0.25) is 0 Å². The molecule has 1 unspecified atom stereocenters. The van der Waals surface area contributed by atoms with Gasteiger partial charge in [-0.3, -0.25) is 0 Å². The smallest absolute Gasteiger partial charge is 0.393 e. The van der Waals surface area contributed by atoms with Gasteiger partial charge in [0.25, 0.3) is 0 Å². The van der Waals surface area contributed by atoms with Crippen molar-refractivity contribution in [1.29, 1.82) is 0 Å². The standard InChI is InChI=1S/C13H17F3O3S/c1-2-11(17)4-3-9-20(18,19)12-7-5-10(6-8-12)13(14,15)16/h5-8,11,17H,2-4,9H2,1H3. The molecule has 0 bridgehead atoms. The van der Waals surface area contributed by atoms with E-state index in [9.17, 15) is 26.7 Å². The van der Waals surface area contributed by atoms with E-state index in [4.69, 9.17) is 0 Å². The van der Waals surface area contributed by atoms with Crippen LogP contribution in [0.2, 0.25) is 0 Å². The van der Waals surface area contributed by atoms with Crippen molar-refractivity contribution in [2.45, 2.75) is 43.4 Å². The van der Waals surface area contributed by atoms with Gasteiger partial charge in [-0.1, -0.05) is 6.92 Å². The molecule has 0 heterocycles. The van der Waals surface area contributed by atoms with Crippen LogP contribution in [0.4, 0.5) is 13.2 Å². The molecule has 114 valence electrons. The zero-order valence-electron chi connectivity index (χ0n) is 11.0. The average Bonchev–Trinajstić information content (AvgIpc) is 2.37. The van der Waals surface area contributed by atoms with Crippen LogP contribution in [0.1, 0.15) is 31.7 Å². The molecule has 0 aliphatic rings. The van der Waals surface area contributed by atoms with E-state index in [0.29, 0.717) is 12.8 Å². The van der Waals surface area contributed by atoms with Gasteiger partial charge in [-0.15, -0.1) is 0 Å². The molecule has 3 nitrogen and oxygen atoms in total. The maximum atomic E-state index is 12.4. The van der Waals surface area contributed by atoms with E-state index in [1.165, 1.54) is 0 Å². The van der Waals surface area contributed by atoms with Gasteiger partial charge in [0, 0.05) is 0 Å². The van der Waals surface area contributed by atoms with E-state index in [1.807, 2.05) is 0 Å². The van der Waals surface area contributed by atoms with Crippen LogP contribution in [0, 0.1) is 0 Å². The summed E-state index contributed by atoms with van der Waals surface area (Å²) in [6.07, 6.45) is -3.85. The number of halogens is 3. The van der Waals surface area contributed by atoms with Crippen LogP contribution in [0.3, 0.4) is 0 Å². The highest BCUT2D eigenvalue weighted by Crippen LogP contribution is 2.29. The quantitative estimate of drug-likeness (QED) is 0.878. The molecule has 1 atom stereocenters. The number of hydrogen-bond acceptors (Lipinski definition) is 3. The fourth-order valence-electron chi connectivity index (χ4n) is 1.68. The molecule has 1 N–H and O–H groups in total. The summed E-state index contributed by atoms with van der Waals surface area (Å²) in [4.78, 5) is -0.128. The molecule has 0 fully saturated rings. The number of aliphatic hydroxyl groups excluding tert-OH is 1. The number of benzene rings is 1. The number of rotatable bonds is 6. The summed E-state index contributed by atoms with van der Waals surface area (Å²) < 4.78 is 60.9. The Morgan fingerprint density at radius 3 is 2.20 bits per heavy atom. The van der Waals surface area contributed by atoms with Crippen molar-refractivity contribution in [2.24, 2.45) is 0 Å². The molecule has 0 aromatic heterocycles. The molecule has 0 amide bonds. The van der Waals surface area contributed by atoms with Crippen LogP contribution in [0.25, 0.3) is 0 Å². The van der Waals surface area contributed by atoms with E-state index < -0.39 is 27.7 Å². The van der Waals surface area contributed by atoms with Gasteiger partial charge < -0.3 is 5.11 Å². The van der Waals surface area contributed by atoms with Gasteiger partial charge in [-0.2, -0.15) is 13.2 Å². The summed E-state index contributed by atoms with van der Waals surface area (Å²) in [5.74, 6) is -0.185. The van der Waals surface area contributed by atoms with E-state index in [-0.39, 0.29) is 17.1 Å². The molecule has 0 spiro atoms. The summed E-state index contributed by atoms with van der Waals surface area (Å²) in [7, 11) is -3.60. The first-order valence-corrected chi connectivity index (χ1v) is 7.90. The Hall–Kier alpha value is -1.08. The lowest BCUT2D eigenvalue weighted by Gasteiger charge is -2.09. The second-order valence-corrected chi connectivity index (χ2v) is 6.65. The third-order valence-electron chi connectivity index (χ3n) is 2.96. The van der Waals surface area contributed by atoms with E-state index in [2.05, 4.69) is 0 Å². The van der Waals surface area contributed by atoms with E-state index >= 15 is 0 Å². The second kappa shape index (κ2) is 6.58. The molecular weight excluding hydrogens is 293 g/mol. The van der Waals surface area contributed by atoms with Crippen molar-refractivity contribution in [3.8, 4) is 0 Å². The largest absolute Gasteiger partial charge is 0.416 e. The molecule has 7 heteroatoms. The highest BCUT2D eigenvalue weighted by Gasteiger charge is 2.30. The normalized spacial score (nSPS) is 14.2. The van der Waals surface area contributed by atoms with Crippen molar-refractivity contribution in [2.75, 3.05) is 5.75 Å². The number of sulfone groups is 1. The van der Waals surface area contributed by atoms with Gasteiger partial charge in [0.1, 0.15) is 0 Å². The van der Waals surface area contributed by atoms with Gasteiger partial charge in [-0.05, 0) is 43.5 Å². The molecule has 0 radical (unpaired) electrons. The molecule has 1 aromatic rings. The highest BCUT2D eigenvalue weighted by molar-refractivity contribution is 7.91.